The number of nitriles is 1. The highest BCUT2D eigenvalue weighted by Crippen LogP contribution is 2.34. The summed E-state index contributed by atoms with van der Waals surface area (Å²) in [7, 11) is 0. The van der Waals surface area contributed by atoms with Gasteiger partial charge in [0.25, 0.3) is 5.91 Å². The summed E-state index contributed by atoms with van der Waals surface area (Å²) in [6, 6.07) is 3.87. The van der Waals surface area contributed by atoms with Gasteiger partial charge in [-0.3, -0.25) is 4.79 Å². The van der Waals surface area contributed by atoms with Crippen molar-refractivity contribution in [2.24, 2.45) is 0 Å². The predicted molar refractivity (Wildman–Crippen MR) is 73.7 cm³/mol. The summed E-state index contributed by atoms with van der Waals surface area (Å²) in [5.41, 5.74) is -0.446. The van der Waals surface area contributed by atoms with Crippen molar-refractivity contribution in [1.82, 2.24) is 9.78 Å². The van der Waals surface area contributed by atoms with Gasteiger partial charge in [-0.2, -0.15) is 19.1 Å². The first-order valence-electron chi connectivity index (χ1n) is 6.61. The minimum atomic E-state index is -3.16. The van der Waals surface area contributed by atoms with Crippen LogP contribution in [0.3, 0.4) is 0 Å². The Morgan fingerprint density at radius 3 is 2.92 bits per heavy atom. The monoisotopic (exact) mass is 338 g/mol. The summed E-state index contributed by atoms with van der Waals surface area (Å²) in [4.78, 5) is 11.4. The molecule has 2 heterocycles. The molecule has 3 rings (SSSR count). The van der Waals surface area contributed by atoms with E-state index in [9.17, 15) is 23.2 Å². The standard InChI is InChI=1S/C14H9F3N4O3/c1-6-13(24-14(16)17)10(4-18)21(20-6)9-3-8-11(2-7(9)15)23-5-12(22)19-8/h2-3,14H,5H2,1H3,(H,19,22). The minimum absolute atomic E-state index is 0.00995. The predicted octanol–water partition coefficient (Wildman–Crippen LogP) is 2.12. The first-order chi connectivity index (χ1) is 11.4. The molecular weight excluding hydrogens is 329 g/mol. The molecule has 0 fully saturated rings. The van der Waals surface area contributed by atoms with Crippen molar-refractivity contribution < 1.29 is 27.4 Å². The quantitative estimate of drug-likeness (QED) is 0.926. The third-order valence-electron chi connectivity index (χ3n) is 3.23. The van der Waals surface area contributed by atoms with E-state index in [1.807, 2.05) is 0 Å². The Labute approximate surface area is 133 Å². The van der Waals surface area contributed by atoms with Crippen LogP contribution in [0.1, 0.15) is 11.4 Å². The van der Waals surface area contributed by atoms with Crippen molar-refractivity contribution in [3.05, 3.63) is 29.3 Å². The highest BCUT2D eigenvalue weighted by atomic mass is 19.3. The van der Waals surface area contributed by atoms with E-state index in [1.54, 1.807) is 6.07 Å². The molecule has 1 aromatic carbocycles. The van der Waals surface area contributed by atoms with E-state index in [-0.39, 0.29) is 29.4 Å². The first kappa shape index (κ1) is 15.7. The molecule has 1 aliphatic rings. The number of rotatable bonds is 3. The number of ether oxygens (including phenoxy) is 2. The first-order valence-corrected chi connectivity index (χ1v) is 6.61. The Kier molecular flexibility index (Phi) is 3.76. The fourth-order valence-corrected chi connectivity index (χ4v) is 2.27. The summed E-state index contributed by atoms with van der Waals surface area (Å²) >= 11 is 0. The van der Waals surface area contributed by atoms with Crippen LogP contribution in [0.15, 0.2) is 12.1 Å². The fraction of sp³-hybridized carbons (Fsp3) is 0.214. The van der Waals surface area contributed by atoms with Crippen molar-refractivity contribution >= 4 is 11.6 Å². The number of aryl methyl sites for hydroxylation is 1. The number of halogens is 3. The third-order valence-corrected chi connectivity index (χ3v) is 3.23. The van der Waals surface area contributed by atoms with Crippen LogP contribution < -0.4 is 14.8 Å². The average molecular weight is 338 g/mol. The van der Waals surface area contributed by atoms with Gasteiger partial charge in [0.1, 0.15) is 23.2 Å². The zero-order chi connectivity index (χ0) is 17.4. The number of carbonyl (C=O) groups excluding carboxylic acids is 1. The van der Waals surface area contributed by atoms with Crippen molar-refractivity contribution in [3.8, 4) is 23.3 Å². The molecule has 0 radical (unpaired) electrons. The molecule has 1 amide bonds. The summed E-state index contributed by atoms with van der Waals surface area (Å²) < 4.78 is 49.5. The Morgan fingerprint density at radius 1 is 1.50 bits per heavy atom. The third kappa shape index (κ3) is 2.60. The van der Waals surface area contributed by atoms with E-state index in [0.717, 1.165) is 10.7 Å². The SMILES string of the molecule is Cc1nn(-c2cc3c(cc2F)OCC(=O)N3)c(C#N)c1OC(F)F. The van der Waals surface area contributed by atoms with Gasteiger partial charge < -0.3 is 14.8 Å². The van der Waals surface area contributed by atoms with Gasteiger partial charge in [-0.25, -0.2) is 9.07 Å². The normalized spacial score (nSPS) is 13.1. The summed E-state index contributed by atoms with van der Waals surface area (Å²) in [5, 5.41) is 15.6. The van der Waals surface area contributed by atoms with Gasteiger partial charge in [0.15, 0.2) is 23.9 Å². The summed E-state index contributed by atoms with van der Waals surface area (Å²) in [6.45, 7) is -2.06. The number of hydrogen-bond acceptors (Lipinski definition) is 5. The number of anilines is 1. The number of nitrogens with one attached hydrogen (secondary N) is 1. The zero-order valence-corrected chi connectivity index (χ0v) is 12.1. The van der Waals surface area contributed by atoms with Crippen LogP contribution >= 0.6 is 0 Å². The molecule has 10 heteroatoms. The van der Waals surface area contributed by atoms with E-state index >= 15 is 0 Å². The molecule has 1 aliphatic heterocycles. The molecule has 24 heavy (non-hydrogen) atoms. The number of fused-ring (bicyclic) bond motifs is 1. The van der Waals surface area contributed by atoms with Crippen molar-refractivity contribution in [2.45, 2.75) is 13.5 Å². The van der Waals surface area contributed by atoms with Gasteiger partial charge in [0, 0.05) is 6.07 Å². The lowest BCUT2D eigenvalue weighted by atomic mass is 10.2. The minimum Gasteiger partial charge on any atom is -0.481 e. The molecule has 0 saturated heterocycles. The highest BCUT2D eigenvalue weighted by molar-refractivity contribution is 5.95. The molecule has 0 spiro atoms. The van der Waals surface area contributed by atoms with E-state index in [0.29, 0.717) is 0 Å². The number of aromatic nitrogens is 2. The van der Waals surface area contributed by atoms with Crippen LogP contribution in [-0.4, -0.2) is 28.9 Å². The largest absolute Gasteiger partial charge is 0.481 e. The van der Waals surface area contributed by atoms with E-state index in [4.69, 9.17) is 4.74 Å². The molecule has 124 valence electrons. The Hall–Kier alpha value is -3.22. The van der Waals surface area contributed by atoms with E-state index in [2.05, 4.69) is 15.2 Å². The van der Waals surface area contributed by atoms with Gasteiger partial charge >= 0.3 is 6.61 Å². The van der Waals surface area contributed by atoms with Crippen molar-refractivity contribution in [1.29, 1.82) is 5.26 Å². The van der Waals surface area contributed by atoms with E-state index in [1.165, 1.54) is 13.0 Å². The van der Waals surface area contributed by atoms with Crippen molar-refractivity contribution in [3.63, 3.8) is 0 Å². The lowest BCUT2D eigenvalue weighted by molar-refractivity contribution is -0.118. The summed E-state index contributed by atoms with van der Waals surface area (Å²) in [6.07, 6.45) is 0. The van der Waals surface area contributed by atoms with Crippen molar-refractivity contribution in [2.75, 3.05) is 11.9 Å². The molecule has 1 aromatic heterocycles. The van der Waals surface area contributed by atoms with Crippen LogP contribution in [0.4, 0.5) is 18.9 Å². The zero-order valence-electron chi connectivity index (χ0n) is 12.1. The fourth-order valence-electron chi connectivity index (χ4n) is 2.27. The molecule has 0 atom stereocenters. The molecule has 0 saturated carbocycles. The molecule has 0 unspecified atom stereocenters. The number of amides is 1. The lowest BCUT2D eigenvalue weighted by Gasteiger charge is -2.19. The van der Waals surface area contributed by atoms with Crippen LogP contribution in [0, 0.1) is 24.1 Å². The van der Waals surface area contributed by atoms with Crippen LogP contribution in [0.2, 0.25) is 0 Å². The van der Waals surface area contributed by atoms with Gasteiger partial charge in [0.05, 0.1) is 5.69 Å². The molecule has 2 aromatic rings. The maximum Gasteiger partial charge on any atom is 0.387 e. The molecule has 7 nitrogen and oxygen atoms in total. The van der Waals surface area contributed by atoms with Gasteiger partial charge in [-0.05, 0) is 13.0 Å². The topological polar surface area (TPSA) is 89.2 Å². The van der Waals surface area contributed by atoms with E-state index < -0.39 is 29.8 Å². The number of alkyl halides is 2. The molecule has 1 N–H and O–H groups in total. The molecule has 0 bridgehead atoms. The van der Waals surface area contributed by atoms with Gasteiger partial charge in [-0.1, -0.05) is 0 Å². The smallest absolute Gasteiger partial charge is 0.387 e. The van der Waals surface area contributed by atoms with Gasteiger partial charge in [0.2, 0.25) is 0 Å². The lowest BCUT2D eigenvalue weighted by Crippen LogP contribution is -2.25. The van der Waals surface area contributed by atoms with Crippen LogP contribution in [0.25, 0.3) is 5.69 Å². The number of hydrogen-bond donors (Lipinski definition) is 1. The molecular formula is C14H9F3N4O3. The second kappa shape index (κ2) is 5.77. The maximum absolute atomic E-state index is 14.3. The highest BCUT2D eigenvalue weighted by Gasteiger charge is 2.25. The summed E-state index contributed by atoms with van der Waals surface area (Å²) in [5.74, 6) is -1.57. The van der Waals surface area contributed by atoms with Crippen LogP contribution in [0.5, 0.6) is 11.5 Å². The second-order valence-electron chi connectivity index (χ2n) is 4.80. The maximum atomic E-state index is 14.3. The number of carbonyl (C=O) groups is 1. The average Bonchev–Trinajstić information content (AvgIpc) is 2.82. The number of nitrogens with zero attached hydrogens (tertiary/aromatic N) is 3. The Morgan fingerprint density at radius 2 is 2.25 bits per heavy atom. The van der Waals surface area contributed by atoms with Gasteiger partial charge in [-0.15, -0.1) is 0 Å². The Bertz CT molecular complexity index is 873. The Balaban J connectivity index is 2.15. The number of benzene rings is 1. The van der Waals surface area contributed by atoms with Crippen LogP contribution in [-0.2, 0) is 4.79 Å². The molecule has 0 aliphatic carbocycles. The second-order valence-corrected chi connectivity index (χ2v) is 4.80.